The first-order chi connectivity index (χ1) is 5.69. The molecule has 0 aliphatic carbocycles. The molecule has 0 radical (unpaired) electrons. The first-order valence-electron chi connectivity index (χ1n) is 4.12. The van der Waals surface area contributed by atoms with Crippen LogP contribution in [0.15, 0.2) is 0 Å². The van der Waals surface area contributed by atoms with Gasteiger partial charge in [-0.15, -0.1) is 0 Å². The summed E-state index contributed by atoms with van der Waals surface area (Å²) >= 11 is 1.39. The summed E-state index contributed by atoms with van der Waals surface area (Å²) in [6.07, 6.45) is 1.08. The smallest absolute Gasteiger partial charge is 0.123 e. The molecule has 12 heavy (non-hydrogen) atoms. The van der Waals surface area contributed by atoms with Crippen LogP contribution in [-0.2, 0) is 6.42 Å². The van der Waals surface area contributed by atoms with E-state index in [0.717, 1.165) is 22.1 Å². The molecule has 1 rings (SSSR count). The number of nitrogen functional groups attached to an aromatic ring is 1. The molecule has 0 aliphatic rings. The molecule has 0 amide bonds. The van der Waals surface area contributed by atoms with Crippen molar-refractivity contribution in [3.8, 4) is 0 Å². The van der Waals surface area contributed by atoms with Crippen molar-refractivity contribution in [1.29, 1.82) is 0 Å². The van der Waals surface area contributed by atoms with Crippen LogP contribution in [-0.4, -0.2) is 10.1 Å². The van der Waals surface area contributed by atoms with E-state index in [1.165, 1.54) is 11.3 Å². The van der Waals surface area contributed by atoms with E-state index in [4.69, 9.17) is 5.73 Å². The van der Waals surface area contributed by atoms with Gasteiger partial charge in [0.2, 0.25) is 0 Å². The number of nitrogens with two attached hydrogens (primary N) is 1. The minimum Gasteiger partial charge on any atom is -0.389 e. The van der Waals surface area contributed by atoms with E-state index in [9.17, 15) is 5.11 Å². The molecule has 0 saturated carbocycles. The van der Waals surface area contributed by atoms with Gasteiger partial charge in [0.1, 0.15) is 16.1 Å². The van der Waals surface area contributed by atoms with Gasteiger partial charge in [0, 0.05) is 0 Å². The molecule has 0 aliphatic heterocycles. The van der Waals surface area contributed by atoms with Gasteiger partial charge in [0.15, 0.2) is 0 Å². The lowest BCUT2D eigenvalue weighted by molar-refractivity contribution is 0.173. The van der Waals surface area contributed by atoms with Crippen LogP contribution in [0.4, 0.5) is 5.00 Å². The zero-order chi connectivity index (χ0) is 9.14. The summed E-state index contributed by atoms with van der Waals surface area (Å²) in [4.78, 5) is 4.24. The van der Waals surface area contributed by atoms with Crippen molar-refractivity contribution in [3.05, 3.63) is 10.7 Å². The fourth-order valence-electron chi connectivity index (χ4n) is 0.953. The van der Waals surface area contributed by atoms with Crippen molar-refractivity contribution < 1.29 is 5.11 Å². The van der Waals surface area contributed by atoms with Crippen LogP contribution in [0.3, 0.4) is 0 Å². The average molecular weight is 186 g/mol. The third kappa shape index (κ3) is 1.76. The standard InChI is InChI=1S/C8H14N2OS/c1-3-5-7(9)12-8(10-5)6(11)4-2/h6,11H,3-4,9H2,1-2H3. The predicted octanol–water partition coefficient (Wildman–Crippen LogP) is 1.73. The van der Waals surface area contributed by atoms with Crippen molar-refractivity contribution in [3.63, 3.8) is 0 Å². The Hall–Kier alpha value is -0.610. The lowest BCUT2D eigenvalue weighted by Gasteiger charge is -2.00. The van der Waals surface area contributed by atoms with Crippen LogP contribution in [0.2, 0.25) is 0 Å². The maximum Gasteiger partial charge on any atom is 0.123 e. The number of hydrogen-bond donors (Lipinski definition) is 2. The Morgan fingerprint density at radius 3 is 2.67 bits per heavy atom. The van der Waals surface area contributed by atoms with E-state index >= 15 is 0 Å². The van der Waals surface area contributed by atoms with Crippen molar-refractivity contribution in [2.75, 3.05) is 5.73 Å². The molecule has 0 saturated heterocycles. The first kappa shape index (κ1) is 9.48. The fraction of sp³-hybridized carbons (Fsp3) is 0.625. The quantitative estimate of drug-likeness (QED) is 0.755. The number of anilines is 1. The molecule has 1 atom stereocenters. The zero-order valence-corrected chi connectivity index (χ0v) is 8.19. The van der Waals surface area contributed by atoms with E-state index in [2.05, 4.69) is 4.98 Å². The largest absolute Gasteiger partial charge is 0.389 e. The van der Waals surface area contributed by atoms with Crippen LogP contribution in [0.25, 0.3) is 0 Å². The molecule has 68 valence electrons. The van der Waals surface area contributed by atoms with E-state index in [-0.39, 0.29) is 0 Å². The van der Waals surface area contributed by atoms with E-state index in [1.54, 1.807) is 0 Å². The average Bonchev–Trinajstić information content (AvgIpc) is 2.45. The Labute approximate surface area is 76.3 Å². The number of thiazole rings is 1. The third-order valence-corrected chi connectivity index (χ3v) is 2.78. The summed E-state index contributed by atoms with van der Waals surface area (Å²) in [5, 5.41) is 10.9. The summed E-state index contributed by atoms with van der Waals surface area (Å²) in [6, 6.07) is 0. The van der Waals surface area contributed by atoms with Crippen LogP contribution < -0.4 is 5.73 Å². The highest BCUT2D eigenvalue weighted by Gasteiger charge is 2.12. The van der Waals surface area contributed by atoms with Crippen LogP contribution >= 0.6 is 11.3 Å². The molecule has 1 unspecified atom stereocenters. The molecular weight excluding hydrogens is 172 g/mol. The Balaban J connectivity index is 2.88. The highest BCUT2D eigenvalue weighted by molar-refractivity contribution is 7.15. The van der Waals surface area contributed by atoms with Gasteiger partial charge in [0.25, 0.3) is 0 Å². The molecule has 1 aromatic heterocycles. The maximum atomic E-state index is 9.45. The molecule has 1 aromatic rings. The molecular formula is C8H14N2OS. The number of aromatic nitrogens is 1. The molecule has 1 heterocycles. The summed E-state index contributed by atoms with van der Waals surface area (Å²) in [5.41, 5.74) is 6.59. The van der Waals surface area contributed by atoms with Gasteiger partial charge in [0.05, 0.1) is 5.69 Å². The topological polar surface area (TPSA) is 59.1 Å². The number of aliphatic hydroxyl groups is 1. The first-order valence-corrected chi connectivity index (χ1v) is 4.93. The Kier molecular flexibility index (Phi) is 3.05. The van der Waals surface area contributed by atoms with Crippen molar-refractivity contribution >= 4 is 16.3 Å². The van der Waals surface area contributed by atoms with Gasteiger partial charge >= 0.3 is 0 Å². The van der Waals surface area contributed by atoms with E-state index < -0.39 is 6.10 Å². The van der Waals surface area contributed by atoms with Crippen LogP contribution in [0.1, 0.15) is 37.1 Å². The lowest BCUT2D eigenvalue weighted by Crippen LogP contribution is -1.94. The van der Waals surface area contributed by atoms with Gasteiger partial charge in [-0.3, -0.25) is 0 Å². The van der Waals surface area contributed by atoms with E-state index in [0.29, 0.717) is 6.42 Å². The number of nitrogens with zero attached hydrogens (tertiary/aromatic N) is 1. The normalized spacial score (nSPS) is 13.2. The van der Waals surface area contributed by atoms with Crippen molar-refractivity contribution in [2.24, 2.45) is 0 Å². The van der Waals surface area contributed by atoms with Gasteiger partial charge in [-0.2, -0.15) is 0 Å². The highest BCUT2D eigenvalue weighted by atomic mass is 32.1. The van der Waals surface area contributed by atoms with Gasteiger partial charge in [-0.05, 0) is 12.8 Å². The monoisotopic (exact) mass is 186 g/mol. The molecule has 0 bridgehead atoms. The number of aryl methyl sites for hydroxylation is 1. The number of aliphatic hydroxyl groups excluding tert-OH is 1. The molecule has 4 heteroatoms. The van der Waals surface area contributed by atoms with Gasteiger partial charge in [-0.1, -0.05) is 25.2 Å². The maximum absolute atomic E-state index is 9.45. The zero-order valence-electron chi connectivity index (χ0n) is 7.37. The third-order valence-electron chi connectivity index (χ3n) is 1.75. The summed E-state index contributed by atoms with van der Waals surface area (Å²) in [6.45, 7) is 3.93. The second-order valence-corrected chi connectivity index (χ2v) is 3.70. The summed E-state index contributed by atoms with van der Waals surface area (Å²) < 4.78 is 0. The van der Waals surface area contributed by atoms with Gasteiger partial charge < -0.3 is 10.8 Å². The Morgan fingerprint density at radius 2 is 2.25 bits per heavy atom. The van der Waals surface area contributed by atoms with E-state index in [1.807, 2.05) is 13.8 Å². The Morgan fingerprint density at radius 1 is 1.58 bits per heavy atom. The van der Waals surface area contributed by atoms with Crippen LogP contribution in [0, 0.1) is 0 Å². The molecule has 0 fully saturated rings. The minimum atomic E-state index is -0.447. The molecule has 3 nitrogen and oxygen atoms in total. The fourth-order valence-corrected chi connectivity index (χ4v) is 1.94. The lowest BCUT2D eigenvalue weighted by atomic mass is 10.3. The summed E-state index contributed by atoms with van der Waals surface area (Å²) in [5.74, 6) is 0. The molecule has 0 spiro atoms. The second kappa shape index (κ2) is 3.87. The van der Waals surface area contributed by atoms with Crippen LogP contribution in [0.5, 0.6) is 0 Å². The minimum absolute atomic E-state index is 0.447. The Bertz CT molecular complexity index is 260. The number of rotatable bonds is 3. The van der Waals surface area contributed by atoms with Crippen molar-refractivity contribution in [2.45, 2.75) is 32.8 Å². The summed E-state index contributed by atoms with van der Waals surface area (Å²) in [7, 11) is 0. The van der Waals surface area contributed by atoms with Crippen molar-refractivity contribution in [1.82, 2.24) is 4.98 Å². The molecule has 3 N–H and O–H groups in total. The SMILES string of the molecule is CCc1nc(C(O)CC)sc1N. The van der Waals surface area contributed by atoms with Gasteiger partial charge in [-0.25, -0.2) is 4.98 Å². The number of hydrogen-bond acceptors (Lipinski definition) is 4. The highest BCUT2D eigenvalue weighted by Crippen LogP contribution is 2.27. The molecule has 0 aromatic carbocycles. The predicted molar refractivity (Wildman–Crippen MR) is 51.2 cm³/mol. The second-order valence-electron chi connectivity index (χ2n) is 2.64.